The van der Waals surface area contributed by atoms with Gasteiger partial charge in [-0.3, -0.25) is 14.3 Å². The second kappa shape index (κ2) is 9.73. The van der Waals surface area contributed by atoms with Gasteiger partial charge in [0.1, 0.15) is 11.6 Å². The molecule has 0 spiro atoms. The minimum Gasteiger partial charge on any atom is -0.325 e. The van der Waals surface area contributed by atoms with Crippen molar-refractivity contribution in [2.24, 2.45) is 5.92 Å². The number of nitrogens with zero attached hydrogens (tertiary/aromatic N) is 3. The lowest BCUT2D eigenvalue weighted by atomic mass is 9.96. The number of nitrogens with one attached hydrogen (secondary N) is 1. The lowest BCUT2D eigenvalue weighted by Gasteiger charge is -2.32. The van der Waals surface area contributed by atoms with Crippen molar-refractivity contribution in [2.75, 3.05) is 18.4 Å². The minimum atomic E-state index is -4.55. The number of para-hydroxylation sites is 3. The highest BCUT2D eigenvalue weighted by Crippen LogP contribution is 2.35. The third-order valence-corrected chi connectivity index (χ3v) is 6.45. The van der Waals surface area contributed by atoms with Crippen molar-refractivity contribution in [1.29, 1.82) is 0 Å². The predicted octanol–water partition coefficient (Wildman–Crippen LogP) is 6.03. The molecule has 1 atom stereocenters. The van der Waals surface area contributed by atoms with Gasteiger partial charge in [0, 0.05) is 12.2 Å². The fourth-order valence-corrected chi connectivity index (χ4v) is 4.75. The smallest absolute Gasteiger partial charge is 0.325 e. The topological polar surface area (TPSA) is 50.2 Å². The molecule has 4 aromatic rings. The van der Waals surface area contributed by atoms with Crippen LogP contribution in [0.3, 0.4) is 0 Å². The van der Waals surface area contributed by atoms with Gasteiger partial charge in [-0.2, -0.15) is 13.2 Å². The Hall–Kier alpha value is -3.72. The van der Waals surface area contributed by atoms with E-state index in [0.717, 1.165) is 41.6 Å². The van der Waals surface area contributed by atoms with Crippen LogP contribution in [0.25, 0.3) is 16.7 Å². The summed E-state index contributed by atoms with van der Waals surface area (Å²) >= 11 is 0. The second-order valence-electron chi connectivity index (χ2n) is 8.94. The van der Waals surface area contributed by atoms with E-state index < -0.39 is 23.6 Å². The van der Waals surface area contributed by atoms with Gasteiger partial charge in [-0.25, -0.2) is 9.37 Å². The molecule has 0 saturated carbocycles. The molecule has 1 saturated heterocycles. The lowest BCUT2D eigenvalue weighted by Crippen LogP contribution is -2.40. The quantitative estimate of drug-likeness (QED) is 0.343. The molecule has 186 valence electrons. The summed E-state index contributed by atoms with van der Waals surface area (Å²) in [5, 5.41) is 2.49. The van der Waals surface area contributed by atoms with Gasteiger partial charge in [0.15, 0.2) is 0 Å². The average Bonchev–Trinajstić information content (AvgIpc) is 3.22. The summed E-state index contributed by atoms with van der Waals surface area (Å²) in [5.74, 6) is -0.472. The van der Waals surface area contributed by atoms with Gasteiger partial charge in [-0.05, 0) is 67.9 Å². The number of imidazole rings is 1. The molecule has 36 heavy (non-hydrogen) atoms. The van der Waals surface area contributed by atoms with E-state index in [0.29, 0.717) is 19.5 Å². The highest BCUT2D eigenvalue weighted by molar-refractivity contribution is 5.93. The summed E-state index contributed by atoms with van der Waals surface area (Å²) in [6.07, 6.45) is -3.23. The number of hydrogen-bond donors (Lipinski definition) is 1. The maximum atomic E-state index is 13.5. The third-order valence-electron chi connectivity index (χ3n) is 6.45. The molecule has 1 aliphatic heterocycles. The maximum Gasteiger partial charge on any atom is 0.418 e. The molecule has 3 aromatic carbocycles. The van der Waals surface area contributed by atoms with E-state index in [-0.39, 0.29) is 11.5 Å². The van der Waals surface area contributed by atoms with E-state index in [1.165, 1.54) is 30.3 Å². The summed E-state index contributed by atoms with van der Waals surface area (Å²) in [5.41, 5.74) is 1.36. The molecule has 1 aromatic heterocycles. The number of aromatic nitrogens is 2. The Bertz CT molecular complexity index is 1380. The molecule has 2 heterocycles. The Balaban J connectivity index is 1.36. The second-order valence-corrected chi connectivity index (χ2v) is 8.94. The number of amides is 1. The molecule has 0 unspecified atom stereocenters. The Labute approximate surface area is 205 Å². The molecule has 5 nitrogen and oxygen atoms in total. The monoisotopic (exact) mass is 496 g/mol. The number of rotatable bonds is 5. The van der Waals surface area contributed by atoms with Crippen molar-refractivity contribution in [1.82, 2.24) is 14.5 Å². The van der Waals surface area contributed by atoms with Crippen molar-refractivity contribution >= 4 is 22.6 Å². The fourth-order valence-electron chi connectivity index (χ4n) is 4.75. The number of carbonyl (C=O) groups is 1. The largest absolute Gasteiger partial charge is 0.418 e. The number of anilines is 1. The summed E-state index contributed by atoms with van der Waals surface area (Å²) < 4.78 is 55.5. The van der Waals surface area contributed by atoms with Gasteiger partial charge in [0.05, 0.1) is 34.7 Å². The van der Waals surface area contributed by atoms with Gasteiger partial charge in [0.25, 0.3) is 0 Å². The summed E-state index contributed by atoms with van der Waals surface area (Å²) in [4.78, 5) is 19.8. The molecule has 0 radical (unpaired) electrons. The number of fused-ring (bicyclic) bond motifs is 1. The molecule has 1 fully saturated rings. The lowest BCUT2D eigenvalue weighted by molar-refractivity contribution is -0.137. The summed E-state index contributed by atoms with van der Waals surface area (Å²) in [6, 6.07) is 18.8. The molecule has 5 rings (SSSR count). The fraction of sp³-hybridized carbons (Fsp3) is 0.259. The van der Waals surface area contributed by atoms with Crippen LogP contribution in [-0.2, 0) is 17.5 Å². The van der Waals surface area contributed by atoms with E-state index in [9.17, 15) is 22.4 Å². The van der Waals surface area contributed by atoms with Gasteiger partial charge < -0.3 is 5.32 Å². The van der Waals surface area contributed by atoms with E-state index in [2.05, 4.69) is 10.2 Å². The van der Waals surface area contributed by atoms with E-state index in [1.807, 2.05) is 28.8 Å². The molecular weight excluding hydrogens is 472 g/mol. The Morgan fingerprint density at radius 2 is 1.72 bits per heavy atom. The Morgan fingerprint density at radius 3 is 2.50 bits per heavy atom. The third kappa shape index (κ3) is 4.97. The van der Waals surface area contributed by atoms with Crippen molar-refractivity contribution in [3.05, 3.63) is 90.0 Å². The molecule has 9 heteroatoms. The molecular formula is C27H24F4N4O. The van der Waals surface area contributed by atoms with Crippen LogP contribution in [0.1, 0.15) is 24.2 Å². The number of hydrogen-bond acceptors (Lipinski definition) is 3. The predicted molar refractivity (Wildman–Crippen MR) is 129 cm³/mol. The first kappa shape index (κ1) is 24.0. The first-order chi connectivity index (χ1) is 17.3. The van der Waals surface area contributed by atoms with Crippen molar-refractivity contribution in [2.45, 2.75) is 25.6 Å². The van der Waals surface area contributed by atoms with Crippen LogP contribution < -0.4 is 5.32 Å². The number of halogens is 4. The molecule has 1 aliphatic rings. The van der Waals surface area contributed by atoms with Crippen LogP contribution in [0, 0.1) is 11.7 Å². The zero-order chi connectivity index (χ0) is 25.3. The van der Waals surface area contributed by atoms with Crippen molar-refractivity contribution in [3.8, 4) is 5.69 Å². The minimum absolute atomic E-state index is 0.231. The van der Waals surface area contributed by atoms with Crippen LogP contribution in [-0.4, -0.2) is 33.4 Å². The highest BCUT2D eigenvalue weighted by atomic mass is 19.4. The first-order valence-corrected chi connectivity index (χ1v) is 11.7. The van der Waals surface area contributed by atoms with Crippen LogP contribution >= 0.6 is 0 Å². The number of piperidine rings is 1. The Kier molecular flexibility index (Phi) is 6.49. The molecule has 1 amide bonds. The van der Waals surface area contributed by atoms with E-state index >= 15 is 0 Å². The summed E-state index contributed by atoms with van der Waals surface area (Å²) in [6.45, 7) is 1.57. The highest BCUT2D eigenvalue weighted by Gasteiger charge is 2.34. The van der Waals surface area contributed by atoms with Gasteiger partial charge >= 0.3 is 6.18 Å². The number of likely N-dealkylation sites (tertiary alicyclic amines) is 1. The van der Waals surface area contributed by atoms with Crippen molar-refractivity contribution < 1.29 is 22.4 Å². The van der Waals surface area contributed by atoms with Crippen LogP contribution in [0.4, 0.5) is 23.2 Å². The zero-order valence-electron chi connectivity index (χ0n) is 19.3. The van der Waals surface area contributed by atoms with Crippen LogP contribution in [0.5, 0.6) is 0 Å². The van der Waals surface area contributed by atoms with E-state index in [1.54, 1.807) is 12.1 Å². The summed E-state index contributed by atoms with van der Waals surface area (Å²) in [7, 11) is 0. The molecule has 0 bridgehead atoms. The van der Waals surface area contributed by atoms with Gasteiger partial charge in [-0.1, -0.05) is 24.3 Å². The van der Waals surface area contributed by atoms with Gasteiger partial charge in [-0.15, -0.1) is 0 Å². The first-order valence-electron chi connectivity index (χ1n) is 11.7. The number of benzene rings is 3. The van der Waals surface area contributed by atoms with Crippen molar-refractivity contribution in [3.63, 3.8) is 0 Å². The molecule has 1 N–H and O–H groups in total. The SMILES string of the molecule is O=C(Nc1ccccc1C(F)(F)F)[C@@H]1CCCN(Cc2nc3ccccc3n2-c2ccc(F)cc2)C1. The average molecular weight is 497 g/mol. The normalized spacial score (nSPS) is 16.8. The van der Waals surface area contributed by atoms with Crippen LogP contribution in [0.2, 0.25) is 0 Å². The van der Waals surface area contributed by atoms with E-state index in [4.69, 9.17) is 4.98 Å². The van der Waals surface area contributed by atoms with Gasteiger partial charge in [0.2, 0.25) is 5.91 Å². The molecule has 0 aliphatic carbocycles. The maximum absolute atomic E-state index is 13.5. The standard InChI is InChI=1S/C27H24F4N4O/c28-19-11-13-20(14-12-19)35-24-10-4-3-9-23(24)32-25(35)17-34-15-5-6-18(16-34)26(36)33-22-8-2-1-7-21(22)27(29,30)31/h1-4,7-14,18H,5-6,15-17H2,(H,33,36)/t18-/m1/s1. The van der Waals surface area contributed by atoms with Crippen LogP contribution in [0.15, 0.2) is 72.8 Å². The Morgan fingerprint density at radius 1 is 1.00 bits per heavy atom. The number of alkyl halides is 3. The zero-order valence-corrected chi connectivity index (χ0v) is 19.3. The number of carbonyl (C=O) groups excluding carboxylic acids is 1.